The summed E-state index contributed by atoms with van der Waals surface area (Å²) in [4.78, 5) is 0. The van der Waals surface area contributed by atoms with Gasteiger partial charge in [-0.3, -0.25) is 8.42 Å². The smallest absolute Gasteiger partial charge is 0.105 e. The van der Waals surface area contributed by atoms with E-state index in [1.54, 1.807) is 0 Å². The van der Waals surface area contributed by atoms with Crippen molar-refractivity contribution in [2.45, 2.75) is 43.8 Å². The lowest BCUT2D eigenvalue weighted by molar-refractivity contribution is 0.212. The molecule has 2 aliphatic rings. The van der Waals surface area contributed by atoms with Gasteiger partial charge < -0.3 is 4.74 Å². The van der Waals surface area contributed by atoms with Crippen molar-refractivity contribution in [2.75, 3.05) is 23.9 Å². The van der Waals surface area contributed by atoms with Gasteiger partial charge in [0.1, 0.15) is 6.61 Å². The quantitative estimate of drug-likeness (QED) is 0.745. The molecular formula is C13H22O3S2. The normalized spacial score (nSPS) is 36.6. The number of allylic oxidation sites excluding steroid dienone is 1. The average molecular weight is 290 g/mol. The van der Waals surface area contributed by atoms with Gasteiger partial charge in [0, 0.05) is 38.9 Å². The second-order valence-electron chi connectivity index (χ2n) is 5.17. The van der Waals surface area contributed by atoms with Crippen LogP contribution in [0.2, 0.25) is 0 Å². The highest BCUT2D eigenvalue weighted by atomic mass is 32.2. The molecule has 18 heavy (non-hydrogen) atoms. The lowest BCUT2D eigenvalue weighted by atomic mass is 10.1. The van der Waals surface area contributed by atoms with E-state index in [0.29, 0.717) is 23.9 Å². The van der Waals surface area contributed by atoms with Crippen LogP contribution in [0.15, 0.2) is 11.8 Å². The van der Waals surface area contributed by atoms with Gasteiger partial charge >= 0.3 is 0 Å². The first-order chi connectivity index (χ1) is 8.66. The number of hydrogen-bond donors (Lipinski definition) is 0. The van der Waals surface area contributed by atoms with Crippen LogP contribution in [0.5, 0.6) is 0 Å². The van der Waals surface area contributed by atoms with Gasteiger partial charge in [0.05, 0.1) is 11.0 Å². The summed E-state index contributed by atoms with van der Waals surface area (Å²) < 4.78 is 29.2. The van der Waals surface area contributed by atoms with E-state index in [4.69, 9.17) is 4.74 Å². The maximum atomic E-state index is 12.2. The van der Waals surface area contributed by atoms with Crippen LogP contribution in [0.3, 0.4) is 0 Å². The Kier molecular flexibility index (Phi) is 5.01. The van der Waals surface area contributed by atoms with E-state index < -0.39 is 26.3 Å². The number of hydrogen-bond acceptors (Lipinski definition) is 3. The van der Waals surface area contributed by atoms with Gasteiger partial charge in [0.15, 0.2) is 0 Å². The highest BCUT2D eigenvalue weighted by Gasteiger charge is 2.41. The molecule has 0 aromatic heterocycles. The zero-order valence-corrected chi connectivity index (χ0v) is 12.6. The predicted octanol–water partition coefficient (Wildman–Crippen LogP) is 2.12. The van der Waals surface area contributed by atoms with Crippen molar-refractivity contribution in [1.29, 1.82) is 0 Å². The third kappa shape index (κ3) is 3.23. The van der Waals surface area contributed by atoms with Crippen LogP contribution in [0.25, 0.3) is 0 Å². The minimum atomic E-state index is -0.908. The summed E-state index contributed by atoms with van der Waals surface area (Å²) in [7, 11) is -1.74. The molecule has 1 saturated carbocycles. The molecule has 3 unspecified atom stereocenters. The number of ether oxygens (including phenoxy) is 1. The molecule has 0 aromatic rings. The molecule has 0 amide bonds. The molecule has 3 nitrogen and oxygen atoms in total. The largest absolute Gasteiger partial charge is 0.500 e. The highest BCUT2D eigenvalue weighted by molar-refractivity contribution is 7.93. The van der Waals surface area contributed by atoms with Crippen LogP contribution in [-0.4, -0.2) is 37.0 Å². The summed E-state index contributed by atoms with van der Waals surface area (Å²) in [5.74, 6) is 1.66. The van der Waals surface area contributed by atoms with Crippen LogP contribution >= 0.6 is 0 Å². The Balaban J connectivity index is 1.96. The van der Waals surface area contributed by atoms with Gasteiger partial charge in [-0.15, -0.1) is 0 Å². The SMILES string of the molecule is CCC1(COC=C2CCCC2)CS(=O)CCS1=O. The summed E-state index contributed by atoms with van der Waals surface area (Å²) in [5.41, 5.74) is 1.36. The Morgan fingerprint density at radius 3 is 2.67 bits per heavy atom. The Bertz CT molecular complexity index is 370. The standard InChI is InChI=1S/C13H22O3S2/c1-2-13(11-17(14)7-8-18(13)15)10-16-9-12-5-3-4-6-12/h9H,2-8,10-11H2,1H3. The molecule has 3 atom stereocenters. The lowest BCUT2D eigenvalue weighted by Gasteiger charge is -2.34. The zero-order chi connectivity index (χ0) is 13.0. The van der Waals surface area contributed by atoms with Crippen LogP contribution in [-0.2, 0) is 26.3 Å². The minimum absolute atomic E-state index is 0.390. The van der Waals surface area contributed by atoms with Gasteiger partial charge in [-0.2, -0.15) is 0 Å². The topological polar surface area (TPSA) is 43.4 Å². The Labute approximate surface area is 114 Å². The maximum absolute atomic E-state index is 12.2. The van der Waals surface area contributed by atoms with Gasteiger partial charge in [0.25, 0.3) is 0 Å². The first kappa shape index (κ1) is 14.3. The maximum Gasteiger partial charge on any atom is 0.105 e. The van der Waals surface area contributed by atoms with Crippen LogP contribution in [0, 0.1) is 0 Å². The molecule has 1 aliphatic heterocycles. The van der Waals surface area contributed by atoms with E-state index in [2.05, 4.69) is 0 Å². The monoisotopic (exact) mass is 290 g/mol. The molecule has 0 radical (unpaired) electrons. The molecule has 0 spiro atoms. The Morgan fingerprint density at radius 1 is 1.28 bits per heavy atom. The molecule has 1 saturated heterocycles. The minimum Gasteiger partial charge on any atom is -0.500 e. The Morgan fingerprint density at radius 2 is 2.00 bits per heavy atom. The lowest BCUT2D eigenvalue weighted by Crippen LogP contribution is -2.49. The van der Waals surface area contributed by atoms with Crippen LogP contribution in [0.4, 0.5) is 0 Å². The molecular weight excluding hydrogens is 268 g/mol. The first-order valence-corrected chi connectivity index (χ1v) is 9.50. The molecule has 0 aromatic carbocycles. The zero-order valence-electron chi connectivity index (χ0n) is 11.0. The van der Waals surface area contributed by atoms with Gasteiger partial charge in [0.2, 0.25) is 0 Å². The van der Waals surface area contributed by atoms with Crippen molar-refractivity contribution in [2.24, 2.45) is 0 Å². The molecule has 0 bridgehead atoms. The fourth-order valence-corrected chi connectivity index (χ4v) is 6.79. The molecule has 1 aliphatic carbocycles. The van der Waals surface area contributed by atoms with E-state index in [0.717, 1.165) is 19.3 Å². The fraction of sp³-hybridized carbons (Fsp3) is 0.846. The van der Waals surface area contributed by atoms with Crippen LogP contribution in [0.1, 0.15) is 39.0 Å². The third-order valence-corrected chi connectivity index (χ3v) is 7.96. The summed E-state index contributed by atoms with van der Waals surface area (Å²) in [5, 5.41) is 0. The molecule has 5 heteroatoms. The van der Waals surface area contributed by atoms with E-state index in [1.807, 2.05) is 13.2 Å². The van der Waals surface area contributed by atoms with Gasteiger partial charge in [-0.05, 0) is 37.7 Å². The molecule has 2 fully saturated rings. The Hall–Kier alpha value is -0.160. The van der Waals surface area contributed by atoms with E-state index in [-0.39, 0.29) is 0 Å². The van der Waals surface area contributed by atoms with Crippen molar-refractivity contribution in [3.8, 4) is 0 Å². The summed E-state index contributed by atoms with van der Waals surface area (Å²) in [6, 6.07) is 0. The first-order valence-electron chi connectivity index (χ1n) is 6.69. The van der Waals surface area contributed by atoms with Gasteiger partial charge in [-0.1, -0.05) is 6.92 Å². The highest BCUT2D eigenvalue weighted by Crippen LogP contribution is 2.27. The summed E-state index contributed by atoms with van der Waals surface area (Å²) in [6.07, 6.45) is 7.41. The summed E-state index contributed by atoms with van der Waals surface area (Å²) >= 11 is 0. The average Bonchev–Trinajstić information content (AvgIpc) is 2.87. The van der Waals surface area contributed by atoms with Gasteiger partial charge in [-0.25, -0.2) is 0 Å². The second-order valence-corrected chi connectivity index (χ2v) is 8.71. The summed E-state index contributed by atoms with van der Waals surface area (Å²) in [6.45, 7) is 2.47. The van der Waals surface area contributed by atoms with E-state index >= 15 is 0 Å². The van der Waals surface area contributed by atoms with E-state index in [9.17, 15) is 8.42 Å². The fourth-order valence-electron chi connectivity index (χ4n) is 2.55. The van der Waals surface area contributed by atoms with Crippen molar-refractivity contribution in [3.63, 3.8) is 0 Å². The molecule has 104 valence electrons. The van der Waals surface area contributed by atoms with Crippen molar-refractivity contribution in [1.82, 2.24) is 0 Å². The predicted molar refractivity (Wildman–Crippen MR) is 76.4 cm³/mol. The second kappa shape index (κ2) is 6.33. The van der Waals surface area contributed by atoms with Crippen molar-refractivity contribution < 1.29 is 13.2 Å². The van der Waals surface area contributed by atoms with E-state index in [1.165, 1.54) is 18.4 Å². The number of rotatable bonds is 4. The van der Waals surface area contributed by atoms with Crippen LogP contribution < -0.4 is 0 Å². The molecule has 1 heterocycles. The molecule has 0 N–H and O–H groups in total. The van der Waals surface area contributed by atoms with Crippen molar-refractivity contribution >= 4 is 21.6 Å². The molecule has 2 rings (SSSR count). The third-order valence-electron chi connectivity index (χ3n) is 3.89. The van der Waals surface area contributed by atoms with Crippen molar-refractivity contribution in [3.05, 3.63) is 11.8 Å².